The van der Waals surface area contributed by atoms with Gasteiger partial charge in [0.25, 0.3) is 0 Å². The van der Waals surface area contributed by atoms with Gasteiger partial charge in [-0.15, -0.1) is 0 Å². The Morgan fingerprint density at radius 1 is 1.33 bits per heavy atom. The third-order valence-electron chi connectivity index (χ3n) is 3.29. The highest BCUT2D eigenvalue weighted by Gasteiger charge is 2.40. The van der Waals surface area contributed by atoms with Crippen LogP contribution in [-0.4, -0.2) is 64.2 Å². The summed E-state index contributed by atoms with van der Waals surface area (Å²) in [6, 6.07) is 0. The van der Waals surface area contributed by atoms with Crippen LogP contribution in [0.1, 0.15) is 12.8 Å². The van der Waals surface area contributed by atoms with Crippen LogP contribution < -0.4 is 9.55 Å². The van der Waals surface area contributed by atoms with Gasteiger partial charge in [-0.2, -0.15) is 0 Å². The number of carbonyl (C=O) groups excluding carboxylic acids is 1. The van der Waals surface area contributed by atoms with Crippen LogP contribution in [0.2, 0.25) is 0 Å². The maximum absolute atomic E-state index is 11.5. The molecule has 1 aromatic heterocycles. The van der Waals surface area contributed by atoms with E-state index in [1.165, 1.54) is 19.5 Å². The summed E-state index contributed by atoms with van der Waals surface area (Å²) < 4.78 is 9.19. The van der Waals surface area contributed by atoms with Crippen molar-refractivity contribution in [2.45, 2.75) is 18.4 Å². The number of rotatable bonds is 4. The summed E-state index contributed by atoms with van der Waals surface area (Å²) in [6.45, 7) is 0.795. The van der Waals surface area contributed by atoms with Gasteiger partial charge in [-0.1, -0.05) is 0 Å². The normalized spacial score (nSPS) is 17.2. The van der Waals surface area contributed by atoms with Gasteiger partial charge in [0.2, 0.25) is 5.95 Å². The summed E-state index contributed by atoms with van der Waals surface area (Å²) in [5.41, 5.74) is -1.46. The zero-order valence-corrected chi connectivity index (χ0v) is 11.5. The fourth-order valence-electron chi connectivity index (χ4n) is 2.13. The number of methoxy groups -OCH3 is 1. The molecule has 0 atom stereocenters. The van der Waals surface area contributed by atoms with Gasteiger partial charge < -0.3 is 29.4 Å². The highest BCUT2D eigenvalue weighted by Crippen LogP contribution is 2.25. The average molecular weight is 297 g/mol. The summed E-state index contributed by atoms with van der Waals surface area (Å²) in [6.07, 6.45) is 3.05. The van der Waals surface area contributed by atoms with Crippen LogP contribution in [0.15, 0.2) is 12.4 Å². The first-order valence-corrected chi connectivity index (χ1v) is 6.35. The lowest BCUT2D eigenvalue weighted by molar-refractivity contribution is -0.164. The molecule has 1 aromatic rings. The molecule has 0 aromatic carbocycles. The van der Waals surface area contributed by atoms with Gasteiger partial charge in [0.15, 0.2) is 5.60 Å². The molecule has 0 spiro atoms. The highest BCUT2D eigenvalue weighted by molar-refractivity contribution is 6.33. The number of esters is 1. The third kappa shape index (κ3) is 3.60. The lowest BCUT2D eigenvalue weighted by Gasteiger charge is -2.35. The molecule has 21 heavy (non-hydrogen) atoms. The SMILES string of the molecule is COC(=O)C1(O)CCN(c2ncc(OB(O)O)cn2)CC1. The Hall–Kier alpha value is -1.91. The second-order valence-corrected chi connectivity index (χ2v) is 4.67. The van der Waals surface area contributed by atoms with Gasteiger partial charge in [-0.3, -0.25) is 0 Å². The number of ether oxygens (including phenoxy) is 1. The van der Waals surface area contributed by atoms with E-state index >= 15 is 0 Å². The second kappa shape index (κ2) is 6.25. The number of carbonyl (C=O) groups is 1. The van der Waals surface area contributed by atoms with E-state index in [1.54, 1.807) is 4.90 Å². The Morgan fingerprint density at radius 2 is 1.90 bits per heavy atom. The van der Waals surface area contributed by atoms with Crippen molar-refractivity contribution in [1.82, 2.24) is 9.97 Å². The van der Waals surface area contributed by atoms with E-state index in [0.29, 0.717) is 19.0 Å². The van der Waals surface area contributed by atoms with Crippen LogP contribution >= 0.6 is 0 Å². The first kappa shape index (κ1) is 15.5. The molecule has 0 radical (unpaired) electrons. The number of hydrogen-bond donors (Lipinski definition) is 3. The standard InChI is InChI=1S/C11H16BN3O6/c1-20-9(16)11(17)2-4-15(5-3-11)10-13-6-8(7-14-10)21-12(18)19/h6-7,17-19H,2-5H2,1H3. The fourth-order valence-corrected chi connectivity index (χ4v) is 2.13. The minimum atomic E-state index is -1.93. The van der Waals surface area contributed by atoms with E-state index in [4.69, 9.17) is 10.0 Å². The number of nitrogens with zero attached hydrogens (tertiary/aromatic N) is 3. The fraction of sp³-hybridized carbons (Fsp3) is 0.545. The lowest BCUT2D eigenvalue weighted by Crippen LogP contribution is -2.50. The van der Waals surface area contributed by atoms with Crippen molar-refractivity contribution < 1.29 is 29.3 Å². The summed E-state index contributed by atoms with van der Waals surface area (Å²) in [5.74, 6) is -0.109. The van der Waals surface area contributed by atoms with Gasteiger partial charge in [0.05, 0.1) is 19.5 Å². The molecule has 9 nitrogen and oxygen atoms in total. The summed E-state index contributed by atoms with van der Waals surface area (Å²) in [5, 5.41) is 27.4. The van der Waals surface area contributed by atoms with Crippen molar-refractivity contribution in [2.24, 2.45) is 0 Å². The number of anilines is 1. The van der Waals surface area contributed by atoms with E-state index in [0.717, 1.165) is 0 Å². The van der Waals surface area contributed by atoms with Crippen LogP contribution in [0.25, 0.3) is 0 Å². The molecule has 0 amide bonds. The largest absolute Gasteiger partial charge is 0.707 e. The van der Waals surface area contributed by atoms with Crippen LogP contribution in [0.3, 0.4) is 0 Å². The van der Waals surface area contributed by atoms with E-state index in [9.17, 15) is 9.90 Å². The van der Waals surface area contributed by atoms with Gasteiger partial charge in [-0.25, -0.2) is 14.8 Å². The first-order valence-electron chi connectivity index (χ1n) is 6.35. The molecule has 2 heterocycles. The van der Waals surface area contributed by atoms with Gasteiger partial charge in [-0.05, 0) is 0 Å². The molecule has 10 heteroatoms. The maximum atomic E-state index is 11.5. The Kier molecular flexibility index (Phi) is 4.61. The van der Waals surface area contributed by atoms with E-state index < -0.39 is 18.9 Å². The van der Waals surface area contributed by atoms with Crippen molar-refractivity contribution in [3.8, 4) is 5.75 Å². The molecule has 1 aliphatic rings. The summed E-state index contributed by atoms with van der Waals surface area (Å²) in [7, 11) is -0.686. The number of piperidine rings is 1. The molecular formula is C11H16BN3O6. The number of aliphatic hydroxyl groups is 1. The molecule has 3 N–H and O–H groups in total. The lowest BCUT2D eigenvalue weighted by atomic mass is 9.92. The van der Waals surface area contributed by atoms with Crippen LogP contribution in [0, 0.1) is 0 Å². The predicted octanol–water partition coefficient (Wildman–Crippen LogP) is -1.67. The van der Waals surface area contributed by atoms with Crippen molar-refractivity contribution in [3.63, 3.8) is 0 Å². The van der Waals surface area contributed by atoms with E-state index in [2.05, 4.69) is 19.4 Å². The van der Waals surface area contributed by atoms with Crippen molar-refractivity contribution in [2.75, 3.05) is 25.1 Å². The minimum Gasteiger partial charge on any atom is -0.509 e. The smallest absolute Gasteiger partial charge is 0.509 e. The second-order valence-electron chi connectivity index (χ2n) is 4.67. The zero-order valence-electron chi connectivity index (χ0n) is 11.5. The predicted molar refractivity (Wildman–Crippen MR) is 71.3 cm³/mol. The Morgan fingerprint density at radius 3 is 2.38 bits per heavy atom. The Bertz CT molecular complexity index is 489. The van der Waals surface area contributed by atoms with Gasteiger partial charge in [0.1, 0.15) is 5.75 Å². The van der Waals surface area contributed by atoms with Crippen LogP contribution in [0.4, 0.5) is 5.95 Å². The molecule has 0 saturated carbocycles. The topological polar surface area (TPSA) is 125 Å². The summed E-state index contributed by atoms with van der Waals surface area (Å²) in [4.78, 5) is 21.4. The monoisotopic (exact) mass is 297 g/mol. The van der Waals surface area contributed by atoms with Gasteiger partial charge in [0, 0.05) is 25.9 Å². The average Bonchev–Trinajstić information content (AvgIpc) is 2.47. The molecule has 1 saturated heterocycles. The number of hydrogen-bond acceptors (Lipinski definition) is 9. The molecule has 114 valence electrons. The van der Waals surface area contributed by atoms with Crippen molar-refractivity contribution >= 4 is 19.2 Å². The molecule has 1 fully saturated rings. The first-order chi connectivity index (χ1) is 9.94. The van der Waals surface area contributed by atoms with E-state index in [1.807, 2.05) is 0 Å². The molecule has 2 rings (SSSR count). The molecule has 0 unspecified atom stereocenters. The van der Waals surface area contributed by atoms with Crippen LogP contribution in [0.5, 0.6) is 5.75 Å². The van der Waals surface area contributed by atoms with Crippen molar-refractivity contribution in [1.29, 1.82) is 0 Å². The molecule has 0 bridgehead atoms. The zero-order chi connectivity index (χ0) is 15.5. The molecule has 1 aliphatic heterocycles. The van der Waals surface area contributed by atoms with Crippen molar-refractivity contribution in [3.05, 3.63) is 12.4 Å². The molecular weight excluding hydrogens is 281 g/mol. The Balaban J connectivity index is 1.97. The third-order valence-corrected chi connectivity index (χ3v) is 3.29. The highest BCUT2D eigenvalue weighted by atomic mass is 16.6. The summed E-state index contributed by atoms with van der Waals surface area (Å²) >= 11 is 0. The van der Waals surface area contributed by atoms with Gasteiger partial charge >= 0.3 is 13.3 Å². The quantitative estimate of drug-likeness (QED) is 0.441. The number of aromatic nitrogens is 2. The van der Waals surface area contributed by atoms with Crippen LogP contribution in [-0.2, 0) is 9.53 Å². The molecule has 0 aliphatic carbocycles. The van der Waals surface area contributed by atoms with E-state index in [-0.39, 0.29) is 18.6 Å². The minimum absolute atomic E-state index is 0.122. The Labute approximate surface area is 121 Å². The maximum Gasteiger partial charge on any atom is 0.707 e.